The Labute approximate surface area is 165 Å². The predicted molar refractivity (Wildman–Crippen MR) is 110 cm³/mol. The molecular weight excluding hydrogens is 368 g/mol. The van der Waals surface area contributed by atoms with E-state index >= 15 is 0 Å². The highest BCUT2D eigenvalue weighted by Gasteiger charge is 2.15. The summed E-state index contributed by atoms with van der Waals surface area (Å²) in [7, 11) is 1.56. The highest BCUT2D eigenvalue weighted by atomic mass is 16.5. The molecule has 29 heavy (non-hydrogen) atoms. The third-order valence-electron chi connectivity index (χ3n) is 4.66. The molecular formula is C22H16N4O3. The zero-order chi connectivity index (χ0) is 19.8. The van der Waals surface area contributed by atoms with Crippen molar-refractivity contribution in [1.82, 2.24) is 14.5 Å². The normalized spacial score (nSPS) is 11.1. The van der Waals surface area contributed by atoms with Crippen LogP contribution in [0.5, 0.6) is 5.75 Å². The number of para-hydroxylation sites is 3. The number of aromatic nitrogens is 3. The van der Waals surface area contributed by atoms with Crippen molar-refractivity contribution in [2.24, 2.45) is 0 Å². The lowest BCUT2D eigenvalue weighted by Crippen LogP contribution is -2.11. The zero-order valence-electron chi connectivity index (χ0n) is 15.5. The van der Waals surface area contributed by atoms with E-state index in [0.29, 0.717) is 22.8 Å². The number of anilines is 1. The Morgan fingerprint density at radius 3 is 2.79 bits per heavy atom. The Kier molecular flexibility index (Phi) is 3.98. The molecule has 0 aliphatic rings. The highest BCUT2D eigenvalue weighted by molar-refractivity contribution is 6.05. The number of imidazole rings is 1. The summed E-state index contributed by atoms with van der Waals surface area (Å²) in [6.45, 7) is 0. The number of ether oxygens (including phenoxy) is 1. The SMILES string of the molecule is COc1cccc2cc(C(=O)Nc3ccc(-n4cnc5ccccc54)nc3)oc12. The maximum Gasteiger partial charge on any atom is 0.291 e. The number of pyridine rings is 1. The number of carbonyl (C=O) groups excluding carboxylic acids is 1. The van der Waals surface area contributed by atoms with Crippen molar-refractivity contribution < 1.29 is 13.9 Å². The average Bonchev–Trinajstić information content (AvgIpc) is 3.38. The van der Waals surface area contributed by atoms with E-state index in [1.54, 1.807) is 37.8 Å². The van der Waals surface area contributed by atoms with Crippen LogP contribution in [0.3, 0.4) is 0 Å². The van der Waals surface area contributed by atoms with Gasteiger partial charge in [0.15, 0.2) is 17.1 Å². The van der Waals surface area contributed by atoms with Crippen LogP contribution in [0, 0.1) is 0 Å². The number of methoxy groups -OCH3 is 1. The average molecular weight is 384 g/mol. The van der Waals surface area contributed by atoms with Crippen molar-refractivity contribution in [3.63, 3.8) is 0 Å². The molecule has 0 unspecified atom stereocenters. The standard InChI is InChI=1S/C22H16N4O3/c1-28-18-8-4-5-14-11-19(29-21(14)18)22(27)25-15-9-10-20(23-12-15)26-13-24-16-6-2-3-7-17(16)26/h2-13H,1H3,(H,25,27). The number of rotatable bonds is 4. The van der Waals surface area contributed by atoms with Crippen LogP contribution in [0.1, 0.15) is 10.6 Å². The van der Waals surface area contributed by atoms with Crippen LogP contribution in [-0.2, 0) is 0 Å². The third-order valence-corrected chi connectivity index (χ3v) is 4.66. The molecule has 0 saturated carbocycles. The second kappa shape index (κ2) is 6.79. The van der Waals surface area contributed by atoms with Gasteiger partial charge in [0.25, 0.3) is 5.91 Å². The van der Waals surface area contributed by atoms with Crippen molar-refractivity contribution in [1.29, 1.82) is 0 Å². The van der Waals surface area contributed by atoms with Crippen LogP contribution >= 0.6 is 0 Å². The van der Waals surface area contributed by atoms with E-state index in [9.17, 15) is 4.79 Å². The minimum absolute atomic E-state index is 0.203. The molecule has 0 spiro atoms. The van der Waals surface area contributed by atoms with Gasteiger partial charge in [-0.25, -0.2) is 9.97 Å². The molecule has 0 fully saturated rings. The Morgan fingerprint density at radius 1 is 1.07 bits per heavy atom. The number of benzene rings is 2. The van der Waals surface area contributed by atoms with Crippen molar-refractivity contribution in [3.8, 4) is 11.6 Å². The smallest absolute Gasteiger partial charge is 0.291 e. The van der Waals surface area contributed by atoms with E-state index in [4.69, 9.17) is 9.15 Å². The summed E-state index contributed by atoms with van der Waals surface area (Å²) < 4.78 is 12.9. The number of nitrogens with zero attached hydrogens (tertiary/aromatic N) is 3. The minimum atomic E-state index is -0.356. The molecule has 0 aliphatic carbocycles. The summed E-state index contributed by atoms with van der Waals surface area (Å²) in [6.07, 6.45) is 3.33. The van der Waals surface area contributed by atoms with Crippen molar-refractivity contribution in [2.75, 3.05) is 12.4 Å². The summed E-state index contributed by atoms with van der Waals surface area (Å²) in [5, 5.41) is 3.61. The van der Waals surface area contributed by atoms with Gasteiger partial charge in [-0.1, -0.05) is 24.3 Å². The zero-order valence-corrected chi connectivity index (χ0v) is 15.5. The van der Waals surface area contributed by atoms with Gasteiger partial charge in [0.05, 0.1) is 30.0 Å². The summed E-state index contributed by atoms with van der Waals surface area (Å²) >= 11 is 0. The molecule has 0 saturated heterocycles. The van der Waals surface area contributed by atoms with Crippen LogP contribution in [0.15, 0.2) is 77.6 Å². The third kappa shape index (κ3) is 2.98. The predicted octanol–water partition coefficient (Wildman–Crippen LogP) is 4.43. The quantitative estimate of drug-likeness (QED) is 0.496. The van der Waals surface area contributed by atoms with Crippen molar-refractivity contribution in [3.05, 3.63) is 78.9 Å². The first-order valence-electron chi connectivity index (χ1n) is 8.99. The minimum Gasteiger partial charge on any atom is -0.493 e. The maximum absolute atomic E-state index is 12.6. The Hall–Kier alpha value is -4.13. The Balaban J connectivity index is 1.39. The Bertz CT molecular complexity index is 1340. The molecule has 142 valence electrons. The largest absolute Gasteiger partial charge is 0.493 e. The van der Waals surface area contributed by atoms with Gasteiger partial charge in [0.1, 0.15) is 12.1 Å². The molecule has 1 N–H and O–H groups in total. The molecule has 3 heterocycles. The van der Waals surface area contributed by atoms with E-state index in [1.807, 2.05) is 47.0 Å². The molecule has 1 amide bonds. The molecule has 0 atom stereocenters. The first-order chi connectivity index (χ1) is 14.2. The second-order valence-electron chi connectivity index (χ2n) is 6.45. The van der Waals surface area contributed by atoms with E-state index in [2.05, 4.69) is 15.3 Å². The number of hydrogen-bond donors (Lipinski definition) is 1. The molecule has 2 aromatic carbocycles. The number of fused-ring (bicyclic) bond motifs is 2. The number of amides is 1. The van der Waals surface area contributed by atoms with Gasteiger partial charge in [-0.15, -0.1) is 0 Å². The maximum atomic E-state index is 12.6. The number of carbonyl (C=O) groups is 1. The summed E-state index contributed by atoms with van der Waals surface area (Å²) in [4.78, 5) is 21.4. The lowest BCUT2D eigenvalue weighted by molar-refractivity contribution is 0.0998. The van der Waals surface area contributed by atoms with Crippen LogP contribution in [0.4, 0.5) is 5.69 Å². The lowest BCUT2D eigenvalue weighted by atomic mass is 10.2. The fourth-order valence-corrected chi connectivity index (χ4v) is 3.25. The summed E-state index contributed by atoms with van der Waals surface area (Å²) in [5.74, 6) is 1.14. The monoisotopic (exact) mass is 384 g/mol. The topological polar surface area (TPSA) is 82.2 Å². The van der Waals surface area contributed by atoms with Gasteiger partial charge >= 0.3 is 0 Å². The molecule has 0 radical (unpaired) electrons. The molecule has 5 rings (SSSR count). The van der Waals surface area contributed by atoms with E-state index < -0.39 is 0 Å². The lowest BCUT2D eigenvalue weighted by Gasteiger charge is -2.06. The Morgan fingerprint density at radius 2 is 1.97 bits per heavy atom. The van der Waals surface area contributed by atoms with Crippen molar-refractivity contribution in [2.45, 2.75) is 0 Å². The van der Waals surface area contributed by atoms with Crippen LogP contribution in [0.25, 0.3) is 27.8 Å². The summed E-state index contributed by atoms with van der Waals surface area (Å²) in [6, 6.07) is 18.6. The van der Waals surface area contributed by atoms with Gasteiger partial charge < -0.3 is 14.5 Å². The van der Waals surface area contributed by atoms with Crippen molar-refractivity contribution >= 4 is 33.6 Å². The van der Waals surface area contributed by atoms with Gasteiger partial charge in [-0.3, -0.25) is 9.36 Å². The number of furan rings is 1. The highest BCUT2D eigenvalue weighted by Crippen LogP contribution is 2.28. The molecule has 5 aromatic rings. The van der Waals surface area contributed by atoms with E-state index in [1.165, 1.54) is 0 Å². The first kappa shape index (κ1) is 17.0. The molecule has 3 aromatic heterocycles. The molecule has 0 bridgehead atoms. The fraction of sp³-hybridized carbons (Fsp3) is 0.0455. The van der Waals surface area contributed by atoms with Gasteiger partial charge in [0, 0.05) is 5.39 Å². The van der Waals surface area contributed by atoms with Crippen LogP contribution in [0.2, 0.25) is 0 Å². The van der Waals surface area contributed by atoms with Gasteiger partial charge in [-0.05, 0) is 36.4 Å². The fourth-order valence-electron chi connectivity index (χ4n) is 3.25. The van der Waals surface area contributed by atoms with E-state index in [0.717, 1.165) is 16.4 Å². The molecule has 7 heteroatoms. The molecule has 7 nitrogen and oxygen atoms in total. The van der Waals surface area contributed by atoms with Gasteiger partial charge in [-0.2, -0.15) is 0 Å². The number of hydrogen-bond acceptors (Lipinski definition) is 5. The first-order valence-corrected chi connectivity index (χ1v) is 8.99. The number of nitrogens with one attached hydrogen (secondary N) is 1. The second-order valence-corrected chi connectivity index (χ2v) is 6.45. The molecule has 0 aliphatic heterocycles. The summed E-state index contributed by atoms with van der Waals surface area (Å²) in [5.41, 5.74) is 2.97. The van der Waals surface area contributed by atoms with Crippen LogP contribution in [-0.4, -0.2) is 27.6 Å². The van der Waals surface area contributed by atoms with Gasteiger partial charge in [0.2, 0.25) is 0 Å². The van der Waals surface area contributed by atoms with E-state index in [-0.39, 0.29) is 11.7 Å². The van der Waals surface area contributed by atoms with Crippen LogP contribution < -0.4 is 10.1 Å².